The number of nitrogens with one attached hydrogen (secondary N) is 2. The molecule has 0 bridgehead atoms. The quantitative estimate of drug-likeness (QED) is 0.784. The minimum Gasteiger partial charge on any atom is -0.481 e. The predicted octanol–water partition coefficient (Wildman–Crippen LogP) is 2.96. The Morgan fingerprint density at radius 1 is 1.43 bits per heavy atom. The normalized spacial score (nSPS) is 16.4. The molecule has 122 valence electrons. The van der Waals surface area contributed by atoms with Crippen LogP contribution in [0.3, 0.4) is 0 Å². The highest BCUT2D eigenvalue weighted by Crippen LogP contribution is 2.33. The van der Waals surface area contributed by atoms with Crippen LogP contribution < -0.4 is 5.32 Å². The van der Waals surface area contributed by atoms with Crippen molar-refractivity contribution in [1.82, 2.24) is 15.3 Å². The summed E-state index contributed by atoms with van der Waals surface area (Å²) in [7, 11) is 0. The third-order valence-electron chi connectivity index (χ3n) is 4.27. The van der Waals surface area contributed by atoms with Gasteiger partial charge in [0.1, 0.15) is 5.69 Å². The lowest BCUT2D eigenvalue weighted by atomic mass is 9.93. The minimum atomic E-state index is -0.877. The van der Waals surface area contributed by atoms with Crippen molar-refractivity contribution in [2.75, 3.05) is 0 Å². The molecule has 0 atom stereocenters. The van der Waals surface area contributed by atoms with Gasteiger partial charge in [-0.25, -0.2) is 4.98 Å². The number of aliphatic carboxylic acids is 1. The molecule has 2 aromatic heterocycles. The van der Waals surface area contributed by atoms with E-state index in [-0.39, 0.29) is 12.3 Å². The van der Waals surface area contributed by atoms with Crippen LogP contribution in [0.2, 0.25) is 0 Å². The molecule has 0 spiro atoms. The summed E-state index contributed by atoms with van der Waals surface area (Å²) in [5.74, 6) is -1.14. The number of H-pyrrole nitrogens is 1. The smallest absolute Gasteiger partial charge is 0.305 e. The van der Waals surface area contributed by atoms with Crippen molar-refractivity contribution >= 4 is 23.2 Å². The molecule has 3 N–H and O–H groups in total. The second-order valence-electron chi connectivity index (χ2n) is 6.07. The number of aromatic amines is 1. The van der Waals surface area contributed by atoms with Crippen LogP contribution in [0.15, 0.2) is 17.6 Å². The highest BCUT2D eigenvalue weighted by atomic mass is 32.1. The van der Waals surface area contributed by atoms with Gasteiger partial charge in [0.05, 0.1) is 22.7 Å². The molecule has 1 aliphatic carbocycles. The third kappa shape index (κ3) is 3.44. The van der Waals surface area contributed by atoms with E-state index in [1.807, 2.05) is 12.3 Å². The van der Waals surface area contributed by atoms with Crippen LogP contribution in [0.1, 0.15) is 47.6 Å². The number of nitrogens with zero attached hydrogens (tertiary/aromatic N) is 1. The maximum atomic E-state index is 12.5. The second-order valence-corrected chi connectivity index (χ2v) is 7.13. The first-order valence-corrected chi connectivity index (χ1v) is 8.51. The van der Waals surface area contributed by atoms with Crippen LogP contribution in [0.25, 0.3) is 11.3 Å². The van der Waals surface area contributed by atoms with Gasteiger partial charge < -0.3 is 15.4 Å². The number of carboxylic acids is 1. The summed E-state index contributed by atoms with van der Waals surface area (Å²) in [6.45, 7) is 1.93. The summed E-state index contributed by atoms with van der Waals surface area (Å²) in [5, 5.41) is 15.0. The lowest BCUT2D eigenvalue weighted by Gasteiger charge is -2.28. The molecule has 1 fully saturated rings. The minimum absolute atomic E-state index is 0.0302. The lowest BCUT2D eigenvalue weighted by molar-refractivity contribution is -0.138. The second kappa shape index (κ2) is 6.16. The summed E-state index contributed by atoms with van der Waals surface area (Å²) in [6, 6.07) is 1.76. The molecular weight excluding hydrogens is 314 g/mol. The van der Waals surface area contributed by atoms with Gasteiger partial charge in [0.2, 0.25) is 0 Å². The maximum absolute atomic E-state index is 12.5. The summed E-state index contributed by atoms with van der Waals surface area (Å²) < 4.78 is 0. The molecule has 0 aliphatic heterocycles. The van der Waals surface area contributed by atoms with Gasteiger partial charge in [-0.3, -0.25) is 9.59 Å². The number of hydrogen-bond donors (Lipinski definition) is 3. The van der Waals surface area contributed by atoms with E-state index >= 15 is 0 Å². The number of rotatable bonds is 5. The Hall–Kier alpha value is -2.15. The van der Waals surface area contributed by atoms with Crippen molar-refractivity contribution in [3.05, 3.63) is 28.3 Å². The van der Waals surface area contributed by atoms with Crippen molar-refractivity contribution in [2.24, 2.45) is 0 Å². The number of aromatic nitrogens is 2. The van der Waals surface area contributed by atoms with Gasteiger partial charge in [-0.2, -0.15) is 0 Å². The fourth-order valence-electron chi connectivity index (χ4n) is 3.16. The van der Waals surface area contributed by atoms with Gasteiger partial charge >= 0.3 is 5.97 Å². The van der Waals surface area contributed by atoms with Crippen molar-refractivity contribution < 1.29 is 14.7 Å². The Kier molecular flexibility index (Phi) is 4.21. The fraction of sp³-hybridized carbons (Fsp3) is 0.438. The molecule has 7 heteroatoms. The SMILES string of the molecule is Cc1nc(-c2c[nH]c(C(=O)NC3(CC(=O)O)CCCC3)c2)cs1. The fourth-order valence-corrected chi connectivity index (χ4v) is 3.79. The summed E-state index contributed by atoms with van der Waals surface area (Å²) in [5.41, 5.74) is 1.51. The van der Waals surface area contributed by atoms with Crippen LogP contribution in [0, 0.1) is 6.92 Å². The highest BCUT2D eigenvalue weighted by molar-refractivity contribution is 7.09. The monoisotopic (exact) mass is 333 g/mol. The first-order valence-electron chi connectivity index (χ1n) is 7.63. The molecule has 23 heavy (non-hydrogen) atoms. The van der Waals surface area contributed by atoms with Gasteiger partial charge in [-0.15, -0.1) is 11.3 Å². The lowest BCUT2D eigenvalue weighted by Crippen LogP contribution is -2.47. The zero-order valence-electron chi connectivity index (χ0n) is 12.9. The highest BCUT2D eigenvalue weighted by Gasteiger charge is 2.37. The largest absolute Gasteiger partial charge is 0.481 e. The van der Waals surface area contributed by atoms with E-state index in [4.69, 9.17) is 5.11 Å². The molecule has 0 saturated heterocycles. The first kappa shape index (κ1) is 15.7. The van der Waals surface area contributed by atoms with E-state index in [9.17, 15) is 9.59 Å². The Bertz CT molecular complexity index is 729. The number of hydrogen-bond acceptors (Lipinski definition) is 4. The van der Waals surface area contributed by atoms with E-state index in [1.54, 1.807) is 23.6 Å². The molecule has 0 unspecified atom stereocenters. The van der Waals surface area contributed by atoms with E-state index in [1.165, 1.54) is 0 Å². The third-order valence-corrected chi connectivity index (χ3v) is 5.04. The van der Waals surface area contributed by atoms with Crippen LogP contribution in [-0.2, 0) is 4.79 Å². The number of aryl methyl sites for hydroxylation is 1. The van der Waals surface area contributed by atoms with Crippen LogP contribution in [-0.4, -0.2) is 32.5 Å². The molecule has 1 amide bonds. The maximum Gasteiger partial charge on any atom is 0.305 e. The average Bonchev–Trinajstić information content (AvgIpc) is 3.18. The number of carboxylic acid groups (broad SMARTS) is 1. The summed E-state index contributed by atoms with van der Waals surface area (Å²) >= 11 is 1.56. The number of carbonyl (C=O) groups is 2. The molecule has 6 nitrogen and oxygen atoms in total. The van der Waals surface area contributed by atoms with Crippen molar-refractivity contribution in [2.45, 2.75) is 44.6 Å². The van der Waals surface area contributed by atoms with Gasteiger partial charge in [0, 0.05) is 17.1 Å². The molecular formula is C16H19N3O3S. The van der Waals surface area contributed by atoms with Crippen molar-refractivity contribution in [3.8, 4) is 11.3 Å². The molecule has 0 aromatic carbocycles. The zero-order chi connectivity index (χ0) is 16.4. The topological polar surface area (TPSA) is 95.1 Å². The van der Waals surface area contributed by atoms with Crippen molar-refractivity contribution in [1.29, 1.82) is 0 Å². The average molecular weight is 333 g/mol. The molecule has 3 rings (SSSR count). The molecule has 1 saturated carbocycles. The standard InChI is InChI=1S/C16H19N3O3S/c1-10-18-13(9-23-10)11-6-12(17-8-11)15(22)19-16(7-14(20)21)4-2-3-5-16/h6,8-9,17H,2-5,7H2,1H3,(H,19,22)(H,20,21). The van der Waals surface area contributed by atoms with E-state index in [0.29, 0.717) is 18.5 Å². The Labute approximate surface area is 138 Å². The summed E-state index contributed by atoms with van der Waals surface area (Å²) in [6.07, 6.45) is 5.04. The summed E-state index contributed by atoms with van der Waals surface area (Å²) in [4.78, 5) is 30.9. The van der Waals surface area contributed by atoms with Crippen LogP contribution in [0.5, 0.6) is 0 Å². The first-order chi connectivity index (χ1) is 11.0. The predicted molar refractivity (Wildman–Crippen MR) is 87.6 cm³/mol. The van der Waals surface area contributed by atoms with Gasteiger partial charge in [-0.05, 0) is 25.8 Å². The van der Waals surface area contributed by atoms with E-state index in [0.717, 1.165) is 29.1 Å². The Balaban J connectivity index is 1.75. The van der Waals surface area contributed by atoms with E-state index in [2.05, 4.69) is 15.3 Å². The van der Waals surface area contributed by atoms with Crippen LogP contribution >= 0.6 is 11.3 Å². The Morgan fingerprint density at radius 3 is 2.78 bits per heavy atom. The molecule has 2 aromatic rings. The number of amides is 1. The molecule has 1 aliphatic rings. The molecule has 0 radical (unpaired) electrons. The van der Waals surface area contributed by atoms with Crippen LogP contribution in [0.4, 0.5) is 0 Å². The van der Waals surface area contributed by atoms with Crippen molar-refractivity contribution in [3.63, 3.8) is 0 Å². The van der Waals surface area contributed by atoms with Gasteiger partial charge in [-0.1, -0.05) is 12.8 Å². The number of thiazole rings is 1. The number of carbonyl (C=O) groups excluding carboxylic acids is 1. The zero-order valence-corrected chi connectivity index (χ0v) is 13.7. The van der Waals surface area contributed by atoms with E-state index < -0.39 is 11.5 Å². The van der Waals surface area contributed by atoms with Gasteiger partial charge in [0.25, 0.3) is 5.91 Å². The molecule has 2 heterocycles. The Morgan fingerprint density at radius 2 is 2.17 bits per heavy atom. The van der Waals surface area contributed by atoms with Gasteiger partial charge in [0.15, 0.2) is 0 Å².